The van der Waals surface area contributed by atoms with Gasteiger partial charge in [-0.1, -0.05) is 11.8 Å². The molecule has 1 N–H and O–H groups in total. The fraction of sp³-hybridized carbons (Fsp3) is 0.143. The van der Waals surface area contributed by atoms with Crippen LogP contribution in [0.25, 0.3) is 6.08 Å². The molecule has 1 aromatic carbocycles. The predicted molar refractivity (Wildman–Crippen MR) is 85.9 cm³/mol. The van der Waals surface area contributed by atoms with Crippen molar-refractivity contribution in [2.75, 3.05) is 18.6 Å². The van der Waals surface area contributed by atoms with Crippen molar-refractivity contribution in [1.29, 1.82) is 0 Å². The Bertz CT molecular complexity index is 855. The highest BCUT2D eigenvalue weighted by Gasteiger charge is 2.17. The second kappa shape index (κ2) is 7.05. The van der Waals surface area contributed by atoms with Gasteiger partial charge in [0.1, 0.15) is 22.3 Å². The first kappa shape index (κ1) is 17.4. The molecule has 1 aromatic heterocycles. The molecule has 122 valence electrons. The van der Waals surface area contributed by atoms with Crippen LogP contribution in [-0.4, -0.2) is 31.7 Å². The Morgan fingerprint density at radius 1 is 1.30 bits per heavy atom. The van der Waals surface area contributed by atoms with Gasteiger partial charge in [-0.05, 0) is 24.5 Å². The molecule has 1 heterocycles. The van der Waals surface area contributed by atoms with Crippen molar-refractivity contribution >= 4 is 33.5 Å². The van der Waals surface area contributed by atoms with E-state index in [1.165, 1.54) is 24.0 Å². The lowest BCUT2D eigenvalue weighted by Crippen LogP contribution is -2.02. The topological polar surface area (TPSA) is 72.0 Å². The van der Waals surface area contributed by atoms with Gasteiger partial charge in [-0.25, -0.2) is 27.2 Å². The first-order valence-electron chi connectivity index (χ1n) is 6.34. The molecule has 0 amide bonds. The van der Waals surface area contributed by atoms with E-state index < -0.39 is 26.4 Å². The lowest BCUT2D eigenvalue weighted by atomic mass is 10.3. The molecule has 0 bridgehead atoms. The molecule has 23 heavy (non-hydrogen) atoms. The van der Waals surface area contributed by atoms with E-state index in [0.717, 1.165) is 17.5 Å². The maximum absolute atomic E-state index is 13.6. The zero-order valence-electron chi connectivity index (χ0n) is 12.2. The van der Waals surface area contributed by atoms with Gasteiger partial charge in [0, 0.05) is 30.3 Å². The standard InChI is InChI=1S/C14H13F2N3O2S2/c1-17-13-9(8-18-14(19-13)22-2)5-6-23(20,21)12-4-3-10(15)7-11(12)16/h3-8H,1-2H3,(H,17,18,19)/b6-5+. The van der Waals surface area contributed by atoms with Gasteiger partial charge in [0.25, 0.3) is 0 Å². The third kappa shape index (κ3) is 4.05. The van der Waals surface area contributed by atoms with Crippen molar-refractivity contribution in [3.63, 3.8) is 0 Å². The number of rotatable bonds is 5. The third-order valence-corrected chi connectivity index (χ3v) is 4.84. The van der Waals surface area contributed by atoms with E-state index in [1.54, 1.807) is 7.05 Å². The summed E-state index contributed by atoms with van der Waals surface area (Å²) in [5, 5.41) is 4.19. The average Bonchev–Trinajstić information content (AvgIpc) is 2.52. The fourth-order valence-electron chi connectivity index (χ4n) is 1.74. The summed E-state index contributed by atoms with van der Waals surface area (Å²) in [4.78, 5) is 7.64. The smallest absolute Gasteiger partial charge is 0.202 e. The van der Waals surface area contributed by atoms with Gasteiger partial charge in [-0.3, -0.25) is 0 Å². The summed E-state index contributed by atoms with van der Waals surface area (Å²) in [6.07, 6.45) is 4.53. The minimum Gasteiger partial charge on any atom is -0.373 e. The van der Waals surface area contributed by atoms with Crippen LogP contribution in [0.2, 0.25) is 0 Å². The molecule has 5 nitrogen and oxygen atoms in total. The average molecular weight is 357 g/mol. The Kier molecular flexibility index (Phi) is 5.32. The van der Waals surface area contributed by atoms with Gasteiger partial charge in [0.15, 0.2) is 5.16 Å². The first-order valence-corrected chi connectivity index (χ1v) is 9.11. The molecule has 2 aromatic rings. The number of benzene rings is 1. The first-order chi connectivity index (χ1) is 10.9. The quantitative estimate of drug-likeness (QED) is 0.504. The molecule has 0 saturated carbocycles. The summed E-state index contributed by atoms with van der Waals surface area (Å²) < 4.78 is 50.8. The molecule has 2 rings (SSSR count). The van der Waals surface area contributed by atoms with Gasteiger partial charge in [-0.2, -0.15) is 0 Å². The Labute approximate surface area is 136 Å². The molecule has 0 unspecified atom stereocenters. The lowest BCUT2D eigenvalue weighted by Gasteiger charge is -2.05. The molecule has 0 fully saturated rings. The molecule has 0 atom stereocenters. The Morgan fingerprint density at radius 3 is 2.65 bits per heavy atom. The largest absolute Gasteiger partial charge is 0.373 e. The van der Waals surface area contributed by atoms with E-state index in [-0.39, 0.29) is 0 Å². The Balaban J connectivity index is 2.39. The van der Waals surface area contributed by atoms with Crippen LogP contribution in [0.4, 0.5) is 14.6 Å². The van der Waals surface area contributed by atoms with Crippen molar-refractivity contribution in [2.24, 2.45) is 0 Å². The number of hydrogen-bond donors (Lipinski definition) is 1. The van der Waals surface area contributed by atoms with E-state index in [0.29, 0.717) is 22.6 Å². The number of sulfone groups is 1. The number of halogens is 2. The van der Waals surface area contributed by atoms with Crippen LogP contribution in [-0.2, 0) is 9.84 Å². The highest BCUT2D eigenvalue weighted by Crippen LogP contribution is 2.21. The lowest BCUT2D eigenvalue weighted by molar-refractivity contribution is 0.552. The van der Waals surface area contributed by atoms with Crippen molar-refractivity contribution in [3.05, 3.63) is 47.0 Å². The van der Waals surface area contributed by atoms with Crippen molar-refractivity contribution < 1.29 is 17.2 Å². The van der Waals surface area contributed by atoms with Gasteiger partial charge < -0.3 is 5.32 Å². The number of thioether (sulfide) groups is 1. The fourth-order valence-corrected chi connectivity index (χ4v) is 3.14. The second-order valence-corrected chi connectivity index (χ2v) is 6.91. The Morgan fingerprint density at radius 2 is 2.04 bits per heavy atom. The summed E-state index contributed by atoms with van der Waals surface area (Å²) in [6, 6.07) is 2.30. The number of nitrogens with zero attached hydrogens (tertiary/aromatic N) is 2. The maximum atomic E-state index is 13.6. The minimum atomic E-state index is -4.06. The number of nitrogens with one attached hydrogen (secondary N) is 1. The molecule has 0 radical (unpaired) electrons. The van der Waals surface area contributed by atoms with Gasteiger partial charge in [0.05, 0.1) is 0 Å². The zero-order chi connectivity index (χ0) is 17.0. The van der Waals surface area contributed by atoms with E-state index >= 15 is 0 Å². The van der Waals surface area contributed by atoms with E-state index in [4.69, 9.17) is 0 Å². The molecule has 0 aliphatic rings. The van der Waals surface area contributed by atoms with Crippen LogP contribution in [0.1, 0.15) is 5.56 Å². The van der Waals surface area contributed by atoms with Crippen LogP contribution in [0, 0.1) is 11.6 Å². The van der Waals surface area contributed by atoms with Crippen molar-refractivity contribution in [2.45, 2.75) is 10.1 Å². The molecular formula is C14H13F2N3O2S2. The number of aromatic nitrogens is 2. The van der Waals surface area contributed by atoms with Crippen LogP contribution >= 0.6 is 11.8 Å². The van der Waals surface area contributed by atoms with Crippen molar-refractivity contribution in [1.82, 2.24) is 9.97 Å². The monoisotopic (exact) mass is 357 g/mol. The molecular weight excluding hydrogens is 344 g/mol. The number of anilines is 1. The van der Waals surface area contributed by atoms with Gasteiger partial charge in [0.2, 0.25) is 9.84 Å². The highest BCUT2D eigenvalue weighted by molar-refractivity contribution is 7.98. The summed E-state index contributed by atoms with van der Waals surface area (Å²) in [7, 11) is -2.42. The molecule has 0 spiro atoms. The van der Waals surface area contributed by atoms with Crippen LogP contribution < -0.4 is 5.32 Å². The normalized spacial score (nSPS) is 11.8. The Hall–Kier alpha value is -2.00. The summed E-state index contributed by atoms with van der Waals surface area (Å²) in [5.74, 6) is -1.54. The molecule has 9 heteroatoms. The van der Waals surface area contributed by atoms with Crippen LogP contribution in [0.3, 0.4) is 0 Å². The number of hydrogen-bond acceptors (Lipinski definition) is 6. The summed E-state index contributed by atoms with van der Waals surface area (Å²) in [6.45, 7) is 0. The second-order valence-electron chi connectivity index (χ2n) is 4.33. The van der Waals surface area contributed by atoms with Crippen LogP contribution in [0.5, 0.6) is 0 Å². The van der Waals surface area contributed by atoms with Crippen LogP contribution in [0.15, 0.2) is 39.9 Å². The SMILES string of the molecule is CNc1nc(SC)ncc1/C=C/S(=O)(=O)c1ccc(F)cc1F. The van der Waals surface area contributed by atoms with Gasteiger partial charge >= 0.3 is 0 Å². The van der Waals surface area contributed by atoms with Gasteiger partial charge in [-0.15, -0.1) is 0 Å². The zero-order valence-corrected chi connectivity index (χ0v) is 13.9. The highest BCUT2D eigenvalue weighted by atomic mass is 32.2. The van der Waals surface area contributed by atoms with Crippen molar-refractivity contribution in [3.8, 4) is 0 Å². The van der Waals surface area contributed by atoms with E-state index in [9.17, 15) is 17.2 Å². The predicted octanol–water partition coefficient (Wildman–Crippen LogP) is 2.96. The maximum Gasteiger partial charge on any atom is 0.202 e. The summed E-state index contributed by atoms with van der Waals surface area (Å²) >= 11 is 1.34. The third-order valence-electron chi connectivity index (χ3n) is 2.84. The molecule has 0 aliphatic carbocycles. The minimum absolute atomic E-state index is 0.427. The molecule has 0 aliphatic heterocycles. The van der Waals surface area contributed by atoms with E-state index in [2.05, 4.69) is 15.3 Å². The van der Waals surface area contributed by atoms with E-state index in [1.807, 2.05) is 6.26 Å². The summed E-state index contributed by atoms with van der Waals surface area (Å²) in [5.41, 5.74) is 0.427. The molecule has 0 saturated heterocycles.